The van der Waals surface area contributed by atoms with Gasteiger partial charge in [-0.1, -0.05) is 12.1 Å². The lowest BCUT2D eigenvalue weighted by molar-refractivity contribution is -0.137. The summed E-state index contributed by atoms with van der Waals surface area (Å²) in [7, 11) is 0. The van der Waals surface area contributed by atoms with E-state index in [1.54, 1.807) is 17.3 Å². The molecule has 0 aliphatic carbocycles. The van der Waals surface area contributed by atoms with Gasteiger partial charge in [0.15, 0.2) is 0 Å². The quantitative estimate of drug-likeness (QED) is 0.838. The second kappa shape index (κ2) is 7.86. The second-order valence-electron chi connectivity index (χ2n) is 6.38. The van der Waals surface area contributed by atoms with Crippen LogP contribution in [0, 0.1) is 0 Å². The summed E-state index contributed by atoms with van der Waals surface area (Å²) in [5.74, 6) is -0.0479. The van der Waals surface area contributed by atoms with Crippen molar-refractivity contribution in [3.05, 3.63) is 65.5 Å². The fourth-order valence-electron chi connectivity index (χ4n) is 3.00. The van der Waals surface area contributed by atoms with E-state index in [0.717, 1.165) is 31.8 Å². The average Bonchev–Trinajstić information content (AvgIpc) is 2.63. The van der Waals surface area contributed by atoms with Crippen LogP contribution in [0.5, 0.6) is 0 Å². The summed E-state index contributed by atoms with van der Waals surface area (Å²) < 4.78 is 37.7. The molecule has 1 amide bonds. The summed E-state index contributed by atoms with van der Waals surface area (Å²) in [6.45, 7) is 3.64. The zero-order valence-electron chi connectivity index (χ0n) is 14.2. The first-order valence-corrected chi connectivity index (χ1v) is 8.47. The summed E-state index contributed by atoms with van der Waals surface area (Å²) in [6, 6.07) is 8.75. The number of hydrogen-bond donors (Lipinski definition) is 0. The predicted octanol–water partition coefficient (Wildman–Crippen LogP) is 2.99. The molecule has 1 aliphatic heterocycles. The molecule has 0 saturated carbocycles. The number of hydrogen-bond acceptors (Lipinski definition) is 3. The van der Waals surface area contributed by atoms with Crippen LogP contribution in [0.2, 0.25) is 0 Å². The van der Waals surface area contributed by atoms with Gasteiger partial charge in [0.25, 0.3) is 0 Å². The standard InChI is InChI=1S/C19H20F3N3O/c20-19(21,22)17-3-1-15(2-4-17)13-18(26)25-11-9-24(10-12-25)14-16-5-7-23-8-6-16/h1-8H,9-14H2. The monoisotopic (exact) mass is 363 g/mol. The van der Waals surface area contributed by atoms with Gasteiger partial charge in [-0.15, -0.1) is 0 Å². The van der Waals surface area contributed by atoms with E-state index in [2.05, 4.69) is 9.88 Å². The third-order valence-corrected chi connectivity index (χ3v) is 4.52. The molecule has 2 heterocycles. The van der Waals surface area contributed by atoms with Crippen LogP contribution < -0.4 is 0 Å². The maximum absolute atomic E-state index is 12.6. The molecule has 0 spiro atoms. The minimum absolute atomic E-state index is 0.0479. The lowest BCUT2D eigenvalue weighted by atomic mass is 10.1. The number of piperazine rings is 1. The number of benzene rings is 1. The smallest absolute Gasteiger partial charge is 0.340 e. The Morgan fingerprint density at radius 2 is 1.54 bits per heavy atom. The lowest BCUT2D eigenvalue weighted by Crippen LogP contribution is -2.48. The van der Waals surface area contributed by atoms with Crippen molar-refractivity contribution < 1.29 is 18.0 Å². The molecular weight excluding hydrogens is 343 g/mol. The van der Waals surface area contributed by atoms with Crippen LogP contribution in [0.4, 0.5) is 13.2 Å². The van der Waals surface area contributed by atoms with E-state index in [4.69, 9.17) is 0 Å². The Morgan fingerprint density at radius 1 is 0.923 bits per heavy atom. The van der Waals surface area contributed by atoms with Crippen molar-refractivity contribution in [1.29, 1.82) is 0 Å². The molecule has 3 rings (SSSR count). The Morgan fingerprint density at radius 3 is 2.12 bits per heavy atom. The lowest BCUT2D eigenvalue weighted by Gasteiger charge is -2.34. The maximum atomic E-state index is 12.6. The summed E-state index contributed by atoms with van der Waals surface area (Å²) in [4.78, 5) is 20.4. The average molecular weight is 363 g/mol. The molecule has 138 valence electrons. The van der Waals surface area contributed by atoms with Gasteiger partial charge in [0.1, 0.15) is 0 Å². The molecule has 26 heavy (non-hydrogen) atoms. The van der Waals surface area contributed by atoms with Gasteiger partial charge in [0.2, 0.25) is 5.91 Å². The number of alkyl halides is 3. The Bertz CT molecular complexity index is 724. The van der Waals surface area contributed by atoms with Crippen LogP contribution >= 0.6 is 0 Å². The van der Waals surface area contributed by atoms with E-state index >= 15 is 0 Å². The molecule has 1 fully saturated rings. The molecule has 1 saturated heterocycles. The number of carbonyl (C=O) groups is 1. The number of carbonyl (C=O) groups excluding carboxylic acids is 1. The molecular formula is C19H20F3N3O. The zero-order chi connectivity index (χ0) is 18.6. The number of pyridine rings is 1. The van der Waals surface area contributed by atoms with Gasteiger partial charge in [0.05, 0.1) is 12.0 Å². The Kier molecular flexibility index (Phi) is 5.56. The third-order valence-electron chi connectivity index (χ3n) is 4.52. The van der Waals surface area contributed by atoms with Crippen molar-refractivity contribution in [2.45, 2.75) is 19.1 Å². The molecule has 2 aromatic rings. The highest BCUT2D eigenvalue weighted by atomic mass is 19.4. The second-order valence-corrected chi connectivity index (χ2v) is 6.38. The van der Waals surface area contributed by atoms with Crippen molar-refractivity contribution in [3.63, 3.8) is 0 Å². The molecule has 1 aromatic carbocycles. The highest BCUT2D eigenvalue weighted by Gasteiger charge is 2.30. The van der Waals surface area contributed by atoms with Gasteiger partial charge >= 0.3 is 6.18 Å². The first-order valence-electron chi connectivity index (χ1n) is 8.47. The SMILES string of the molecule is O=C(Cc1ccc(C(F)(F)F)cc1)N1CCN(Cc2ccncc2)CC1. The summed E-state index contributed by atoms with van der Waals surface area (Å²) >= 11 is 0. The fourth-order valence-corrected chi connectivity index (χ4v) is 3.00. The molecule has 0 bridgehead atoms. The minimum atomic E-state index is -4.35. The predicted molar refractivity (Wildman–Crippen MR) is 91.2 cm³/mol. The van der Waals surface area contributed by atoms with Crippen LogP contribution in [-0.4, -0.2) is 46.9 Å². The van der Waals surface area contributed by atoms with E-state index in [0.29, 0.717) is 18.7 Å². The van der Waals surface area contributed by atoms with Crippen molar-refractivity contribution in [2.24, 2.45) is 0 Å². The summed E-state index contributed by atoms with van der Waals surface area (Å²) in [5, 5.41) is 0. The maximum Gasteiger partial charge on any atom is 0.416 e. The topological polar surface area (TPSA) is 36.4 Å². The summed E-state index contributed by atoms with van der Waals surface area (Å²) in [5.41, 5.74) is 1.09. The van der Waals surface area contributed by atoms with Gasteiger partial charge in [-0.25, -0.2) is 0 Å². The van der Waals surface area contributed by atoms with Crippen molar-refractivity contribution in [3.8, 4) is 0 Å². The Hall–Kier alpha value is -2.41. The van der Waals surface area contributed by atoms with Crippen LogP contribution in [0.1, 0.15) is 16.7 Å². The van der Waals surface area contributed by atoms with E-state index < -0.39 is 11.7 Å². The first-order chi connectivity index (χ1) is 12.4. The van der Waals surface area contributed by atoms with E-state index in [-0.39, 0.29) is 12.3 Å². The van der Waals surface area contributed by atoms with Crippen LogP contribution in [0.15, 0.2) is 48.8 Å². The highest BCUT2D eigenvalue weighted by Crippen LogP contribution is 2.29. The largest absolute Gasteiger partial charge is 0.416 e. The van der Waals surface area contributed by atoms with E-state index in [9.17, 15) is 18.0 Å². The molecule has 0 atom stereocenters. The van der Waals surface area contributed by atoms with Crippen molar-refractivity contribution in [2.75, 3.05) is 26.2 Å². The number of halogens is 3. The molecule has 4 nitrogen and oxygen atoms in total. The highest BCUT2D eigenvalue weighted by molar-refractivity contribution is 5.78. The molecule has 0 N–H and O–H groups in total. The first kappa shape index (κ1) is 18.4. The molecule has 0 unspecified atom stereocenters. The van der Waals surface area contributed by atoms with Crippen molar-refractivity contribution >= 4 is 5.91 Å². The fraction of sp³-hybridized carbons (Fsp3) is 0.368. The summed E-state index contributed by atoms with van der Waals surface area (Å²) in [6.07, 6.45) is -0.700. The third kappa shape index (κ3) is 4.82. The molecule has 0 radical (unpaired) electrons. The van der Waals surface area contributed by atoms with Crippen LogP contribution in [0.3, 0.4) is 0 Å². The minimum Gasteiger partial charge on any atom is -0.340 e. The Balaban J connectivity index is 1.49. The van der Waals surface area contributed by atoms with Gasteiger partial charge in [-0.3, -0.25) is 14.7 Å². The molecule has 1 aliphatic rings. The van der Waals surface area contributed by atoms with E-state index in [1.165, 1.54) is 17.7 Å². The Labute approximate surface area is 150 Å². The number of nitrogens with zero attached hydrogens (tertiary/aromatic N) is 3. The van der Waals surface area contributed by atoms with E-state index in [1.807, 2.05) is 12.1 Å². The van der Waals surface area contributed by atoms with Gasteiger partial charge < -0.3 is 4.90 Å². The normalized spacial score (nSPS) is 15.9. The van der Waals surface area contributed by atoms with Gasteiger partial charge in [-0.05, 0) is 35.4 Å². The van der Waals surface area contributed by atoms with Crippen molar-refractivity contribution in [1.82, 2.24) is 14.8 Å². The number of amides is 1. The van der Waals surface area contributed by atoms with Gasteiger partial charge in [0, 0.05) is 45.1 Å². The molecule has 7 heteroatoms. The van der Waals surface area contributed by atoms with Crippen LogP contribution in [-0.2, 0) is 23.9 Å². The number of rotatable bonds is 4. The molecule has 1 aromatic heterocycles. The van der Waals surface area contributed by atoms with Crippen LogP contribution in [0.25, 0.3) is 0 Å². The zero-order valence-corrected chi connectivity index (χ0v) is 14.2. The van der Waals surface area contributed by atoms with Gasteiger partial charge in [-0.2, -0.15) is 13.2 Å². The number of aromatic nitrogens is 1.